The molecule has 0 radical (unpaired) electrons. The van der Waals surface area contributed by atoms with E-state index in [4.69, 9.17) is 0 Å². The van der Waals surface area contributed by atoms with Crippen LogP contribution in [0.4, 0.5) is 4.39 Å². The Morgan fingerprint density at radius 1 is 0.971 bits per heavy atom. The van der Waals surface area contributed by atoms with Gasteiger partial charge in [0.2, 0.25) is 5.91 Å². The molecular weight excluding hydrogens is 425 g/mol. The first-order valence-electron chi connectivity index (χ1n) is 12.1. The molecule has 174 valence electrons. The fourth-order valence-electron chi connectivity index (χ4n) is 4.95. The lowest BCUT2D eigenvalue weighted by atomic mass is 10.00. The predicted octanol–water partition coefficient (Wildman–Crippen LogP) is 5.69. The van der Waals surface area contributed by atoms with Crippen molar-refractivity contribution in [1.82, 2.24) is 15.2 Å². The molecule has 1 aromatic heterocycles. The van der Waals surface area contributed by atoms with Crippen LogP contribution in [0.15, 0.2) is 78.9 Å². The Labute approximate surface area is 199 Å². The minimum Gasteiger partial charge on any atom is -0.354 e. The molecule has 1 aliphatic rings. The Hall–Kier alpha value is -3.44. The Kier molecular flexibility index (Phi) is 6.72. The first kappa shape index (κ1) is 22.4. The Morgan fingerprint density at radius 3 is 2.41 bits per heavy atom. The maximum atomic E-state index is 14.0. The molecule has 4 nitrogen and oxygen atoms in total. The number of fused-ring (bicyclic) bond motifs is 1. The molecule has 0 aliphatic carbocycles. The highest BCUT2D eigenvalue weighted by molar-refractivity contribution is 5.91. The van der Waals surface area contributed by atoms with Gasteiger partial charge in [0.15, 0.2) is 0 Å². The zero-order valence-electron chi connectivity index (χ0n) is 19.3. The van der Waals surface area contributed by atoms with Gasteiger partial charge in [-0.2, -0.15) is 0 Å². The summed E-state index contributed by atoms with van der Waals surface area (Å²) in [6.07, 6.45) is 2.87. The summed E-state index contributed by atoms with van der Waals surface area (Å²) in [5, 5.41) is 4.08. The molecule has 1 aliphatic heterocycles. The third kappa shape index (κ3) is 5.20. The zero-order valence-corrected chi connectivity index (χ0v) is 19.3. The zero-order chi connectivity index (χ0) is 23.3. The van der Waals surface area contributed by atoms with E-state index < -0.39 is 0 Å². The average Bonchev–Trinajstić information content (AvgIpc) is 3.23. The maximum Gasteiger partial charge on any atom is 0.220 e. The van der Waals surface area contributed by atoms with Gasteiger partial charge in [0.25, 0.3) is 0 Å². The van der Waals surface area contributed by atoms with E-state index in [0.29, 0.717) is 12.8 Å². The second-order valence-corrected chi connectivity index (χ2v) is 9.14. The third-order valence-electron chi connectivity index (χ3n) is 6.73. The number of carbonyl (C=O) groups excluding carboxylic acids is 1. The van der Waals surface area contributed by atoms with Crippen LogP contribution in [0, 0.1) is 5.82 Å². The van der Waals surface area contributed by atoms with Crippen molar-refractivity contribution >= 4 is 16.8 Å². The molecule has 0 bridgehead atoms. The van der Waals surface area contributed by atoms with E-state index in [1.807, 2.05) is 36.4 Å². The van der Waals surface area contributed by atoms with Gasteiger partial charge in [0, 0.05) is 48.7 Å². The standard InChI is InChI=1S/C29H30FN3O/c30-23-11-13-27-26(19-23)25(29(32-27)22-9-5-2-6-10-22)12-14-28(34)31-24-15-17-33(18-16-24)20-21-7-3-1-4-8-21/h1-11,13,19,24,32H,12,14-18,20H2,(H,31,34). The van der Waals surface area contributed by atoms with Gasteiger partial charge in [-0.25, -0.2) is 4.39 Å². The van der Waals surface area contributed by atoms with Crippen molar-refractivity contribution in [3.8, 4) is 11.3 Å². The molecule has 2 heterocycles. The predicted molar refractivity (Wildman–Crippen MR) is 135 cm³/mol. The fraction of sp³-hybridized carbons (Fsp3) is 0.276. The Balaban J connectivity index is 1.20. The summed E-state index contributed by atoms with van der Waals surface area (Å²) in [6, 6.07) is 25.6. The number of carbonyl (C=O) groups is 1. The van der Waals surface area contributed by atoms with Crippen molar-refractivity contribution in [1.29, 1.82) is 0 Å². The number of amides is 1. The molecule has 2 N–H and O–H groups in total. The summed E-state index contributed by atoms with van der Waals surface area (Å²) in [7, 11) is 0. The number of aromatic nitrogens is 1. The van der Waals surface area contributed by atoms with Crippen LogP contribution in [0.5, 0.6) is 0 Å². The Bertz CT molecular complexity index is 1240. The molecule has 1 fully saturated rings. The van der Waals surface area contributed by atoms with Gasteiger partial charge >= 0.3 is 0 Å². The summed E-state index contributed by atoms with van der Waals surface area (Å²) in [5.41, 5.74) is 5.22. The molecule has 3 aromatic carbocycles. The second kappa shape index (κ2) is 10.2. The summed E-state index contributed by atoms with van der Waals surface area (Å²) >= 11 is 0. The minimum absolute atomic E-state index is 0.0614. The molecule has 0 spiro atoms. The number of hydrogen-bond donors (Lipinski definition) is 2. The molecule has 4 aromatic rings. The van der Waals surface area contributed by atoms with Crippen LogP contribution < -0.4 is 5.32 Å². The molecule has 0 saturated carbocycles. The highest BCUT2D eigenvalue weighted by atomic mass is 19.1. The van der Waals surface area contributed by atoms with Gasteiger partial charge in [-0.3, -0.25) is 9.69 Å². The summed E-state index contributed by atoms with van der Waals surface area (Å²) in [6.45, 7) is 2.93. The molecule has 0 atom stereocenters. The fourth-order valence-corrected chi connectivity index (χ4v) is 4.95. The SMILES string of the molecule is O=C(CCc1c(-c2ccccc2)[nH]c2ccc(F)cc12)NC1CCN(Cc2ccccc2)CC1. The van der Waals surface area contributed by atoms with E-state index in [-0.39, 0.29) is 17.8 Å². The minimum atomic E-state index is -0.265. The molecule has 0 unspecified atom stereocenters. The van der Waals surface area contributed by atoms with Crippen LogP contribution in [0.2, 0.25) is 0 Å². The van der Waals surface area contributed by atoms with Gasteiger partial charge in [-0.1, -0.05) is 60.7 Å². The lowest BCUT2D eigenvalue weighted by molar-refractivity contribution is -0.122. The molecule has 5 heteroatoms. The molecule has 1 saturated heterocycles. The van der Waals surface area contributed by atoms with Crippen LogP contribution in [-0.4, -0.2) is 34.9 Å². The van der Waals surface area contributed by atoms with Crippen LogP contribution in [0.25, 0.3) is 22.2 Å². The number of aromatic amines is 1. The molecule has 34 heavy (non-hydrogen) atoms. The Morgan fingerprint density at radius 2 is 1.68 bits per heavy atom. The van der Waals surface area contributed by atoms with Crippen molar-refractivity contribution in [3.63, 3.8) is 0 Å². The number of piperidine rings is 1. The van der Waals surface area contributed by atoms with E-state index in [1.165, 1.54) is 11.6 Å². The summed E-state index contributed by atoms with van der Waals surface area (Å²) < 4.78 is 14.0. The number of aryl methyl sites for hydroxylation is 1. The van der Waals surface area contributed by atoms with Gasteiger partial charge < -0.3 is 10.3 Å². The van der Waals surface area contributed by atoms with Crippen molar-refractivity contribution < 1.29 is 9.18 Å². The second-order valence-electron chi connectivity index (χ2n) is 9.14. The van der Waals surface area contributed by atoms with Crippen LogP contribution in [0.3, 0.4) is 0 Å². The largest absolute Gasteiger partial charge is 0.354 e. The quantitative estimate of drug-likeness (QED) is 0.376. The molecule has 5 rings (SSSR count). The van der Waals surface area contributed by atoms with E-state index in [9.17, 15) is 9.18 Å². The first-order chi connectivity index (χ1) is 16.7. The van der Waals surface area contributed by atoms with Gasteiger partial charge in [-0.05, 0) is 54.2 Å². The molecule has 1 amide bonds. The number of nitrogens with zero attached hydrogens (tertiary/aromatic N) is 1. The van der Waals surface area contributed by atoms with E-state index in [0.717, 1.165) is 60.2 Å². The number of nitrogens with one attached hydrogen (secondary N) is 2. The third-order valence-corrected chi connectivity index (χ3v) is 6.73. The summed E-state index contributed by atoms with van der Waals surface area (Å²) in [4.78, 5) is 18.7. The monoisotopic (exact) mass is 455 g/mol. The van der Waals surface area contributed by atoms with Crippen molar-refractivity contribution in [2.45, 2.75) is 38.3 Å². The highest BCUT2D eigenvalue weighted by Gasteiger charge is 2.21. The van der Waals surface area contributed by atoms with Gasteiger partial charge in [0.1, 0.15) is 5.82 Å². The van der Waals surface area contributed by atoms with Gasteiger partial charge in [-0.15, -0.1) is 0 Å². The van der Waals surface area contributed by atoms with Crippen molar-refractivity contribution in [2.75, 3.05) is 13.1 Å². The van der Waals surface area contributed by atoms with E-state index >= 15 is 0 Å². The van der Waals surface area contributed by atoms with Crippen molar-refractivity contribution in [3.05, 3.63) is 95.8 Å². The van der Waals surface area contributed by atoms with Crippen molar-refractivity contribution in [2.24, 2.45) is 0 Å². The lowest BCUT2D eigenvalue weighted by Crippen LogP contribution is -2.44. The first-order valence-corrected chi connectivity index (χ1v) is 12.1. The number of likely N-dealkylation sites (tertiary alicyclic amines) is 1. The smallest absolute Gasteiger partial charge is 0.220 e. The number of benzene rings is 3. The topological polar surface area (TPSA) is 48.1 Å². The average molecular weight is 456 g/mol. The number of halogens is 1. The number of rotatable bonds is 7. The normalized spacial score (nSPS) is 15.0. The maximum absolute atomic E-state index is 14.0. The van der Waals surface area contributed by atoms with E-state index in [2.05, 4.69) is 39.5 Å². The number of hydrogen-bond acceptors (Lipinski definition) is 2. The van der Waals surface area contributed by atoms with E-state index in [1.54, 1.807) is 12.1 Å². The van der Waals surface area contributed by atoms with Crippen LogP contribution >= 0.6 is 0 Å². The van der Waals surface area contributed by atoms with Crippen LogP contribution in [-0.2, 0) is 17.8 Å². The lowest BCUT2D eigenvalue weighted by Gasteiger charge is -2.32. The van der Waals surface area contributed by atoms with Gasteiger partial charge in [0.05, 0.1) is 0 Å². The number of H-pyrrole nitrogens is 1. The molecular formula is C29H30FN3O. The summed E-state index contributed by atoms with van der Waals surface area (Å²) in [5.74, 6) is -0.203. The highest BCUT2D eigenvalue weighted by Crippen LogP contribution is 2.32. The van der Waals surface area contributed by atoms with Crippen LogP contribution in [0.1, 0.15) is 30.4 Å².